The smallest absolute Gasteiger partial charge is 0.329 e. The number of hydrogen-bond acceptors (Lipinski definition) is 4. The Morgan fingerprint density at radius 3 is 2.74 bits per heavy atom. The average Bonchev–Trinajstić information content (AvgIpc) is 2.36. The summed E-state index contributed by atoms with van der Waals surface area (Å²) in [5, 5.41) is 0.468. The van der Waals surface area contributed by atoms with Crippen LogP contribution in [0, 0.1) is 0 Å². The molecule has 0 aliphatic heterocycles. The Balaban J connectivity index is 2.80. The molecule has 5 nitrogen and oxygen atoms in total. The van der Waals surface area contributed by atoms with Crippen molar-refractivity contribution in [2.24, 2.45) is 0 Å². The van der Waals surface area contributed by atoms with E-state index in [0.717, 1.165) is 12.8 Å². The van der Waals surface area contributed by atoms with Gasteiger partial charge in [-0.05, 0) is 24.6 Å². The maximum Gasteiger partial charge on any atom is 0.329 e. The third kappa shape index (κ3) is 5.18. The highest BCUT2D eigenvalue weighted by molar-refractivity contribution is 6.30. The molecule has 0 unspecified atom stereocenters. The third-order valence-electron chi connectivity index (χ3n) is 2.23. The molecule has 19 heavy (non-hydrogen) atoms. The highest BCUT2D eigenvalue weighted by atomic mass is 35.5. The van der Waals surface area contributed by atoms with Crippen LogP contribution in [0.2, 0.25) is 5.02 Å². The number of halogens is 1. The van der Waals surface area contributed by atoms with E-state index in [9.17, 15) is 9.59 Å². The lowest BCUT2D eigenvalue weighted by Crippen LogP contribution is -2.26. The lowest BCUT2D eigenvalue weighted by Gasteiger charge is -2.11. The Hall–Kier alpha value is -1.75. The number of carbonyl (C=O) groups excluding carboxylic acids is 2. The van der Waals surface area contributed by atoms with Crippen molar-refractivity contribution < 1.29 is 19.2 Å². The second-order valence-electron chi connectivity index (χ2n) is 3.87. The van der Waals surface area contributed by atoms with Gasteiger partial charge in [0.15, 0.2) is 0 Å². The first-order valence-electron chi connectivity index (χ1n) is 5.94. The van der Waals surface area contributed by atoms with Crippen molar-refractivity contribution in [3.05, 3.63) is 28.8 Å². The summed E-state index contributed by atoms with van der Waals surface area (Å²) in [6.45, 7) is 3.72. The lowest BCUT2D eigenvalue weighted by molar-refractivity contribution is -0.146. The average molecular weight is 286 g/mol. The van der Waals surface area contributed by atoms with Gasteiger partial charge in [0.2, 0.25) is 0 Å². The summed E-state index contributed by atoms with van der Waals surface area (Å²) >= 11 is 5.86. The highest BCUT2D eigenvalue weighted by Gasteiger charge is 2.14. The Morgan fingerprint density at radius 1 is 1.37 bits per heavy atom. The minimum absolute atomic E-state index is 0.266. The predicted molar refractivity (Wildman–Crippen MR) is 71.1 cm³/mol. The summed E-state index contributed by atoms with van der Waals surface area (Å²) in [5.74, 6) is -0.792. The van der Waals surface area contributed by atoms with Gasteiger partial charge >= 0.3 is 5.97 Å². The van der Waals surface area contributed by atoms with Gasteiger partial charge in [0, 0.05) is 11.9 Å². The van der Waals surface area contributed by atoms with Crippen LogP contribution in [0.4, 0.5) is 0 Å². The van der Waals surface area contributed by atoms with Crippen LogP contribution in [-0.4, -0.2) is 18.5 Å². The van der Waals surface area contributed by atoms with Crippen LogP contribution in [0.25, 0.3) is 0 Å². The summed E-state index contributed by atoms with van der Waals surface area (Å²) in [6, 6.07) is 4.64. The number of amides is 1. The predicted octanol–water partition coefficient (Wildman–Crippen LogP) is 2.73. The van der Waals surface area contributed by atoms with Crippen molar-refractivity contribution >= 4 is 23.5 Å². The van der Waals surface area contributed by atoms with E-state index in [1.54, 1.807) is 12.1 Å². The van der Waals surface area contributed by atoms with Crippen molar-refractivity contribution in [2.45, 2.75) is 26.7 Å². The van der Waals surface area contributed by atoms with E-state index in [2.05, 4.69) is 4.84 Å². The molecule has 1 amide bonds. The molecule has 0 aliphatic carbocycles. The van der Waals surface area contributed by atoms with Crippen molar-refractivity contribution in [2.75, 3.05) is 6.61 Å². The number of unbranched alkanes of at least 4 members (excludes halogenated alkanes) is 1. The van der Waals surface area contributed by atoms with Gasteiger partial charge in [-0.1, -0.05) is 24.9 Å². The van der Waals surface area contributed by atoms with Gasteiger partial charge < -0.3 is 9.57 Å². The van der Waals surface area contributed by atoms with Crippen LogP contribution in [0.3, 0.4) is 0 Å². The molecule has 0 aromatic heterocycles. The Morgan fingerprint density at radius 2 is 2.11 bits per heavy atom. The normalized spacial score (nSPS) is 9.84. The maximum atomic E-state index is 11.8. The summed E-state index contributed by atoms with van der Waals surface area (Å²) in [4.78, 5) is 26.9. The number of hydrogen-bond donors (Lipinski definition) is 1. The third-order valence-corrected chi connectivity index (χ3v) is 2.47. The van der Waals surface area contributed by atoms with Gasteiger partial charge in [-0.25, -0.2) is 0 Å². The van der Waals surface area contributed by atoms with E-state index in [4.69, 9.17) is 16.3 Å². The molecule has 0 radical (unpaired) electrons. The summed E-state index contributed by atoms with van der Waals surface area (Å²) in [6.07, 6.45) is 1.85. The zero-order valence-electron chi connectivity index (χ0n) is 10.9. The molecule has 1 N–H and O–H groups in total. The fourth-order valence-corrected chi connectivity index (χ4v) is 1.46. The van der Waals surface area contributed by atoms with Gasteiger partial charge in [0.1, 0.15) is 5.75 Å². The molecule has 1 aromatic carbocycles. The van der Waals surface area contributed by atoms with E-state index in [0.29, 0.717) is 17.4 Å². The highest BCUT2D eigenvalue weighted by Crippen LogP contribution is 2.23. The van der Waals surface area contributed by atoms with Crippen LogP contribution in [-0.2, 0) is 9.63 Å². The van der Waals surface area contributed by atoms with Crippen LogP contribution < -0.4 is 10.2 Å². The van der Waals surface area contributed by atoms with Gasteiger partial charge in [-0.15, -0.1) is 0 Å². The van der Waals surface area contributed by atoms with Crippen molar-refractivity contribution in [1.82, 2.24) is 5.48 Å². The second kappa shape index (κ2) is 7.63. The molecule has 0 aliphatic rings. The summed E-state index contributed by atoms with van der Waals surface area (Å²) in [5.41, 5.74) is 2.30. The van der Waals surface area contributed by atoms with E-state index in [1.807, 2.05) is 12.4 Å². The molecule has 104 valence electrons. The number of nitrogens with one attached hydrogen (secondary N) is 1. The molecular formula is C13H16ClNO4. The van der Waals surface area contributed by atoms with Crippen LogP contribution in [0.1, 0.15) is 37.0 Å². The largest absolute Gasteiger partial charge is 0.493 e. The number of carbonyl (C=O) groups is 2. The van der Waals surface area contributed by atoms with Crippen molar-refractivity contribution in [3.63, 3.8) is 0 Å². The van der Waals surface area contributed by atoms with Crippen LogP contribution in [0.15, 0.2) is 18.2 Å². The molecule has 0 bridgehead atoms. The number of benzene rings is 1. The second-order valence-corrected chi connectivity index (χ2v) is 4.30. The van der Waals surface area contributed by atoms with E-state index < -0.39 is 11.9 Å². The number of ether oxygens (including phenoxy) is 1. The molecule has 0 fully saturated rings. The molecule has 1 aromatic rings. The lowest BCUT2D eigenvalue weighted by atomic mass is 10.2. The van der Waals surface area contributed by atoms with E-state index >= 15 is 0 Å². The molecular weight excluding hydrogens is 270 g/mol. The fourth-order valence-electron chi connectivity index (χ4n) is 1.30. The number of hydroxylamine groups is 1. The minimum atomic E-state index is -0.601. The molecule has 0 saturated carbocycles. The topological polar surface area (TPSA) is 64.6 Å². The molecule has 0 heterocycles. The standard InChI is InChI=1S/C13H16ClNO4/c1-3-4-7-18-12-8-10(14)5-6-11(12)13(17)15-19-9(2)16/h5-6,8H,3-4,7H2,1-2H3,(H,15,17). The Kier molecular flexibility index (Phi) is 6.15. The van der Waals surface area contributed by atoms with Crippen LogP contribution >= 0.6 is 11.6 Å². The van der Waals surface area contributed by atoms with Gasteiger partial charge in [-0.3, -0.25) is 9.59 Å². The number of rotatable bonds is 5. The molecule has 6 heteroatoms. The van der Waals surface area contributed by atoms with Gasteiger partial charge in [0.25, 0.3) is 5.91 Å². The van der Waals surface area contributed by atoms with Gasteiger partial charge in [-0.2, -0.15) is 5.48 Å². The Bertz CT molecular complexity index is 462. The van der Waals surface area contributed by atoms with Gasteiger partial charge in [0.05, 0.1) is 12.2 Å². The van der Waals surface area contributed by atoms with E-state index in [-0.39, 0.29) is 5.56 Å². The maximum absolute atomic E-state index is 11.8. The zero-order chi connectivity index (χ0) is 14.3. The first-order valence-corrected chi connectivity index (χ1v) is 6.32. The molecule has 0 atom stereocenters. The van der Waals surface area contributed by atoms with Crippen molar-refractivity contribution in [3.8, 4) is 5.75 Å². The zero-order valence-corrected chi connectivity index (χ0v) is 11.6. The molecule has 0 saturated heterocycles. The monoisotopic (exact) mass is 285 g/mol. The Labute approximate surface area is 116 Å². The minimum Gasteiger partial charge on any atom is -0.493 e. The van der Waals surface area contributed by atoms with E-state index in [1.165, 1.54) is 13.0 Å². The first-order chi connectivity index (χ1) is 9.04. The molecule has 0 spiro atoms. The van der Waals surface area contributed by atoms with Crippen LogP contribution in [0.5, 0.6) is 5.75 Å². The molecule has 1 rings (SSSR count). The summed E-state index contributed by atoms with van der Waals surface area (Å²) in [7, 11) is 0. The quantitative estimate of drug-likeness (QED) is 0.667. The fraction of sp³-hybridized carbons (Fsp3) is 0.385. The van der Waals surface area contributed by atoms with Crippen molar-refractivity contribution in [1.29, 1.82) is 0 Å². The summed E-state index contributed by atoms with van der Waals surface area (Å²) < 4.78 is 5.50. The SMILES string of the molecule is CCCCOc1cc(Cl)ccc1C(=O)NOC(C)=O. The first kappa shape index (κ1) is 15.3.